The molecule has 1 aliphatic rings. The number of allylic oxidation sites excluding steroid dienone is 2. The van der Waals surface area contributed by atoms with Gasteiger partial charge in [-0.1, -0.05) is 6.92 Å². The highest BCUT2D eigenvalue weighted by molar-refractivity contribution is 6.05. The second-order valence-corrected chi connectivity index (χ2v) is 2.41. The van der Waals surface area contributed by atoms with Gasteiger partial charge in [0.1, 0.15) is 0 Å². The Labute approximate surface area is 59.9 Å². The molecule has 0 unspecified atom stereocenters. The third-order valence-electron chi connectivity index (χ3n) is 1.66. The Morgan fingerprint density at radius 3 is 2.70 bits per heavy atom. The fourth-order valence-electron chi connectivity index (χ4n) is 1.04. The van der Waals surface area contributed by atoms with Gasteiger partial charge in [-0.15, -0.1) is 0 Å². The van der Waals surface area contributed by atoms with Gasteiger partial charge in [-0.25, -0.2) is 0 Å². The molecule has 0 aliphatic heterocycles. The molecule has 1 aliphatic carbocycles. The van der Waals surface area contributed by atoms with Crippen LogP contribution in [0, 0.1) is 0 Å². The molecule has 2 nitrogen and oxygen atoms in total. The van der Waals surface area contributed by atoms with E-state index in [1.807, 2.05) is 6.92 Å². The highest BCUT2D eigenvalue weighted by atomic mass is 16.1. The lowest BCUT2D eigenvalue weighted by atomic mass is 10.1. The van der Waals surface area contributed by atoms with Crippen LogP contribution in [-0.4, -0.2) is 11.6 Å². The quantitative estimate of drug-likeness (QED) is 0.575. The first-order valence-corrected chi connectivity index (χ1v) is 3.50. The molecule has 10 heavy (non-hydrogen) atoms. The largest absolute Gasteiger partial charge is 0.295 e. The standard InChI is InChI=1S/C8H10O2/c1-2-8(10)6-3-4-7(9)5-6/h5H,2-4H2,1H3. The lowest BCUT2D eigenvalue weighted by Gasteiger charge is -1.92. The molecule has 0 bridgehead atoms. The summed E-state index contributed by atoms with van der Waals surface area (Å²) in [5, 5.41) is 0. The predicted molar refractivity (Wildman–Crippen MR) is 37.6 cm³/mol. The van der Waals surface area contributed by atoms with Crippen LogP contribution < -0.4 is 0 Å². The SMILES string of the molecule is CCC(=O)C1=CC(=O)CC1. The maximum Gasteiger partial charge on any atom is 0.158 e. The summed E-state index contributed by atoms with van der Waals surface area (Å²) < 4.78 is 0. The van der Waals surface area contributed by atoms with E-state index < -0.39 is 0 Å². The monoisotopic (exact) mass is 138 g/mol. The average molecular weight is 138 g/mol. The van der Waals surface area contributed by atoms with E-state index in [1.165, 1.54) is 6.08 Å². The molecule has 0 aromatic carbocycles. The Hall–Kier alpha value is -0.920. The van der Waals surface area contributed by atoms with Crippen LogP contribution in [0.25, 0.3) is 0 Å². The van der Waals surface area contributed by atoms with Crippen molar-refractivity contribution in [1.82, 2.24) is 0 Å². The van der Waals surface area contributed by atoms with Crippen LogP contribution in [-0.2, 0) is 9.59 Å². The van der Waals surface area contributed by atoms with Crippen LogP contribution in [0.3, 0.4) is 0 Å². The molecule has 1 rings (SSSR count). The minimum absolute atomic E-state index is 0.0943. The van der Waals surface area contributed by atoms with Crippen molar-refractivity contribution in [2.75, 3.05) is 0 Å². The van der Waals surface area contributed by atoms with Gasteiger partial charge in [0.05, 0.1) is 0 Å². The first-order valence-electron chi connectivity index (χ1n) is 3.50. The van der Waals surface area contributed by atoms with Gasteiger partial charge in [0, 0.05) is 12.8 Å². The van der Waals surface area contributed by atoms with Crippen molar-refractivity contribution in [3.8, 4) is 0 Å². The summed E-state index contributed by atoms with van der Waals surface area (Å²) >= 11 is 0. The summed E-state index contributed by atoms with van der Waals surface area (Å²) in [4.78, 5) is 21.6. The number of hydrogen-bond acceptors (Lipinski definition) is 2. The van der Waals surface area contributed by atoms with Crippen LogP contribution in [0.2, 0.25) is 0 Å². The Balaban J connectivity index is 2.66. The zero-order valence-corrected chi connectivity index (χ0v) is 6.02. The highest BCUT2D eigenvalue weighted by Gasteiger charge is 2.16. The van der Waals surface area contributed by atoms with Gasteiger partial charge in [-0.3, -0.25) is 9.59 Å². The van der Waals surface area contributed by atoms with Crippen molar-refractivity contribution in [1.29, 1.82) is 0 Å². The lowest BCUT2D eigenvalue weighted by Crippen LogP contribution is -1.96. The maximum absolute atomic E-state index is 10.9. The summed E-state index contributed by atoms with van der Waals surface area (Å²) in [6.45, 7) is 1.81. The van der Waals surface area contributed by atoms with E-state index in [2.05, 4.69) is 0 Å². The molecule has 0 N–H and O–H groups in total. The molecule has 0 atom stereocenters. The summed E-state index contributed by atoms with van der Waals surface area (Å²) in [5.41, 5.74) is 0.715. The summed E-state index contributed by atoms with van der Waals surface area (Å²) in [6.07, 6.45) is 3.18. The molecular weight excluding hydrogens is 128 g/mol. The topological polar surface area (TPSA) is 34.1 Å². The van der Waals surface area contributed by atoms with E-state index in [0.717, 1.165) is 0 Å². The summed E-state index contributed by atoms with van der Waals surface area (Å²) in [5.74, 6) is 0.211. The highest BCUT2D eigenvalue weighted by Crippen LogP contribution is 2.16. The molecule has 0 radical (unpaired) electrons. The minimum atomic E-state index is 0.0943. The van der Waals surface area contributed by atoms with Gasteiger partial charge in [-0.05, 0) is 18.1 Å². The number of rotatable bonds is 2. The number of Topliss-reactive ketones (excluding diaryl/α,β-unsaturated/α-hetero) is 1. The number of hydrogen-bond donors (Lipinski definition) is 0. The average Bonchev–Trinajstić information content (AvgIpc) is 2.34. The summed E-state index contributed by atoms with van der Waals surface area (Å²) in [6, 6.07) is 0. The third-order valence-corrected chi connectivity index (χ3v) is 1.66. The number of carbonyl (C=O) groups excluding carboxylic acids is 2. The second kappa shape index (κ2) is 2.78. The van der Waals surface area contributed by atoms with Crippen LogP contribution in [0.5, 0.6) is 0 Å². The Kier molecular flexibility index (Phi) is 2.00. The molecule has 0 aromatic rings. The van der Waals surface area contributed by atoms with E-state index in [-0.39, 0.29) is 11.6 Å². The molecule has 0 aromatic heterocycles. The van der Waals surface area contributed by atoms with Crippen LogP contribution in [0.1, 0.15) is 26.2 Å². The Morgan fingerprint density at radius 2 is 2.30 bits per heavy atom. The van der Waals surface area contributed by atoms with Gasteiger partial charge >= 0.3 is 0 Å². The second-order valence-electron chi connectivity index (χ2n) is 2.41. The Bertz CT molecular complexity index is 201. The van der Waals surface area contributed by atoms with Crippen molar-refractivity contribution in [2.45, 2.75) is 26.2 Å². The van der Waals surface area contributed by atoms with Crippen LogP contribution >= 0.6 is 0 Å². The molecule has 0 spiro atoms. The maximum atomic E-state index is 10.9. The fraction of sp³-hybridized carbons (Fsp3) is 0.500. The van der Waals surface area contributed by atoms with Gasteiger partial charge in [0.25, 0.3) is 0 Å². The van der Waals surface area contributed by atoms with Gasteiger partial charge in [0.15, 0.2) is 11.6 Å². The number of ketones is 2. The van der Waals surface area contributed by atoms with Crippen molar-refractivity contribution in [2.24, 2.45) is 0 Å². The van der Waals surface area contributed by atoms with Crippen molar-refractivity contribution < 1.29 is 9.59 Å². The first kappa shape index (κ1) is 7.19. The van der Waals surface area contributed by atoms with Gasteiger partial charge in [-0.2, -0.15) is 0 Å². The molecule has 0 saturated heterocycles. The third kappa shape index (κ3) is 1.32. The predicted octanol–water partition coefficient (Wildman–Crippen LogP) is 1.25. The van der Waals surface area contributed by atoms with Gasteiger partial charge < -0.3 is 0 Å². The molecular formula is C8H10O2. The zero-order chi connectivity index (χ0) is 7.56. The number of carbonyl (C=O) groups is 2. The smallest absolute Gasteiger partial charge is 0.158 e. The normalized spacial score (nSPS) is 17.3. The van der Waals surface area contributed by atoms with Crippen LogP contribution in [0.15, 0.2) is 11.6 Å². The van der Waals surface area contributed by atoms with Gasteiger partial charge in [0.2, 0.25) is 0 Å². The van der Waals surface area contributed by atoms with E-state index in [9.17, 15) is 9.59 Å². The van der Waals surface area contributed by atoms with Crippen molar-refractivity contribution in [3.63, 3.8) is 0 Å². The summed E-state index contributed by atoms with van der Waals surface area (Å²) in [7, 11) is 0. The molecule has 54 valence electrons. The molecule has 2 heteroatoms. The fourth-order valence-corrected chi connectivity index (χ4v) is 1.04. The van der Waals surface area contributed by atoms with Crippen molar-refractivity contribution in [3.05, 3.63) is 11.6 Å². The lowest BCUT2D eigenvalue weighted by molar-refractivity contribution is -0.115. The zero-order valence-electron chi connectivity index (χ0n) is 6.02. The molecule has 0 saturated carbocycles. The first-order chi connectivity index (χ1) is 4.74. The van der Waals surface area contributed by atoms with E-state index >= 15 is 0 Å². The molecule has 0 amide bonds. The van der Waals surface area contributed by atoms with Crippen molar-refractivity contribution >= 4 is 11.6 Å². The minimum Gasteiger partial charge on any atom is -0.295 e. The molecule has 0 heterocycles. The Morgan fingerprint density at radius 1 is 1.60 bits per heavy atom. The van der Waals surface area contributed by atoms with Crippen LogP contribution in [0.4, 0.5) is 0 Å². The molecule has 0 fully saturated rings. The van der Waals surface area contributed by atoms with E-state index in [1.54, 1.807) is 0 Å². The van der Waals surface area contributed by atoms with E-state index in [4.69, 9.17) is 0 Å². The van der Waals surface area contributed by atoms with E-state index in [0.29, 0.717) is 24.8 Å².